The van der Waals surface area contributed by atoms with Crippen LogP contribution in [0.3, 0.4) is 0 Å². The lowest BCUT2D eigenvalue weighted by molar-refractivity contribution is -0.185. The van der Waals surface area contributed by atoms with Crippen molar-refractivity contribution in [3.8, 4) is 0 Å². The molecule has 100 valence electrons. The fourth-order valence-corrected chi connectivity index (χ4v) is 2.12. The molecule has 1 rings (SSSR count). The first kappa shape index (κ1) is 14.2. The van der Waals surface area contributed by atoms with E-state index in [4.69, 9.17) is 9.84 Å². The van der Waals surface area contributed by atoms with Gasteiger partial charge in [0.25, 0.3) is 0 Å². The highest BCUT2D eigenvalue weighted by Crippen LogP contribution is 2.33. The van der Waals surface area contributed by atoms with Crippen molar-refractivity contribution in [1.82, 2.24) is 5.32 Å². The van der Waals surface area contributed by atoms with E-state index >= 15 is 0 Å². The van der Waals surface area contributed by atoms with E-state index in [-0.39, 0.29) is 6.42 Å². The molecule has 1 aliphatic carbocycles. The summed E-state index contributed by atoms with van der Waals surface area (Å²) in [5.41, 5.74) is -1.13. The lowest BCUT2D eigenvalue weighted by atomic mass is 9.98. The third kappa shape index (κ3) is 3.85. The van der Waals surface area contributed by atoms with Gasteiger partial charge in [-0.05, 0) is 19.4 Å². The summed E-state index contributed by atoms with van der Waals surface area (Å²) in [5.74, 6) is -1.03. The van der Waals surface area contributed by atoms with Gasteiger partial charge in [-0.3, -0.25) is 4.79 Å². The summed E-state index contributed by atoms with van der Waals surface area (Å²) >= 11 is 0. The predicted molar refractivity (Wildman–Crippen MR) is 53.7 cm³/mol. The van der Waals surface area contributed by atoms with Crippen LogP contribution < -0.4 is 5.32 Å². The molecule has 0 aromatic heterocycles. The van der Waals surface area contributed by atoms with E-state index in [2.05, 4.69) is 5.32 Å². The Morgan fingerprint density at radius 1 is 1.59 bits per heavy atom. The second-order valence-corrected chi connectivity index (χ2v) is 4.21. The van der Waals surface area contributed by atoms with Crippen LogP contribution >= 0.6 is 0 Å². The monoisotopic (exact) mass is 255 g/mol. The van der Waals surface area contributed by atoms with E-state index in [1.807, 2.05) is 0 Å². The minimum Gasteiger partial charge on any atom is -0.480 e. The summed E-state index contributed by atoms with van der Waals surface area (Å²) in [6, 6.07) is 0. The maximum atomic E-state index is 12.0. The van der Waals surface area contributed by atoms with Gasteiger partial charge in [0, 0.05) is 6.42 Å². The van der Waals surface area contributed by atoms with Gasteiger partial charge in [0.15, 0.2) is 0 Å². The van der Waals surface area contributed by atoms with Crippen LogP contribution in [-0.2, 0) is 9.53 Å². The minimum absolute atomic E-state index is 0.0756. The molecule has 2 N–H and O–H groups in total. The average molecular weight is 255 g/mol. The van der Waals surface area contributed by atoms with Crippen molar-refractivity contribution in [2.24, 2.45) is 0 Å². The van der Waals surface area contributed by atoms with Gasteiger partial charge in [0.1, 0.15) is 12.1 Å². The van der Waals surface area contributed by atoms with Crippen LogP contribution in [0, 0.1) is 0 Å². The number of nitrogens with one attached hydrogen (secondary N) is 1. The molecule has 0 saturated heterocycles. The Kier molecular flexibility index (Phi) is 4.37. The van der Waals surface area contributed by atoms with E-state index in [1.54, 1.807) is 6.92 Å². The molecule has 0 amide bonds. The highest BCUT2D eigenvalue weighted by Gasteiger charge is 2.46. The molecule has 0 spiro atoms. The van der Waals surface area contributed by atoms with E-state index in [0.29, 0.717) is 19.4 Å². The summed E-state index contributed by atoms with van der Waals surface area (Å²) in [6.07, 6.45) is -4.32. The summed E-state index contributed by atoms with van der Waals surface area (Å²) in [5, 5.41) is 11.9. The lowest BCUT2D eigenvalue weighted by Crippen LogP contribution is -2.50. The number of carboxylic acid groups (broad SMARTS) is 1. The van der Waals surface area contributed by atoms with Gasteiger partial charge < -0.3 is 15.2 Å². The fourth-order valence-electron chi connectivity index (χ4n) is 2.12. The number of carbonyl (C=O) groups is 1. The molecule has 1 aliphatic rings. The molecule has 0 aromatic carbocycles. The maximum absolute atomic E-state index is 12.0. The second-order valence-electron chi connectivity index (χ2n) is 4.21. The highest BCUT2D eigenvalue weighted by atomic mass is 19.4. The van der Waals surface area contributed by atoms with Crippen molar-refractivity contribution in [2.75, 3.05) is 13.2 Å². The van der Waals surface area contributed by atoms with Gasteiger partial charge in [0.05, 0.1) is 6.10 Å². The van der Waals surface area contributed by atoms with Gasteiger partial charge >= 0.3 is 12.1 Å². The zero-order valence-electron chi connectivity index (χ0n) is 9.51. The number of halogens is 3. The zero-order valence-corrected chi connectivity index (χ0v) is 9.51. The SMILES string of the molecule is CCNC1(C(=O)O)CCC(OCC(F)(F)F)C1. The molecule has 0 bridgehead atoms. The molecule has 2 unspecified atom stereocenters. The zero-order chi connectivity index (χ0) is 13.1. The molecule has 2 atom stereocenters. The van der Waals surface area contributed by atoms with Crippen LogP contribution in [0.2, 0.25) is 0 Å². The van der Waals surface area contributed by atoms with E-state index in [9.17, 15) is 18.0 Å². The number of alkyl halides is 3. The summed E-state index contributed by atoms with van der Waals surface area (Å²) < 4.78 is 40.5. The number of hydrogen-bond acceptors (Lipinski definition) is 3. The van der Waals surface area contributed by atoms with E-state index in [0.717, 1.165) is 0 Å². The van der Waals surface area contributed by atoms with Crippen LogP contribution in [-0.4, -0.2) is 42.0 Å². The average Bonchev–Trinajstić information content (AvgIpc) is 2.59. The van der Waals surface area contributed by atoms with E-state index in [1.165, 1.54) is 0 Å². The van der Waals surface area contributed by atoms with Crippen LogP contribution in [0.4, 0.5) is 13.2 Å². The van der Waals surface area contributed by atoms with Gasteiger partial charge in [-0.2, -0.15) is 13.2 Å². The quantitative estimate of drug-likeness (QED) is 0.782. The van der Waals surface area contributed by atoms with Gasteiger partial charge in [0.2, 0.25) is 0 Å². The Labute approximate surface area is 97.1 Å². The highest BCUT2D eigenvalue weighted by molar-refractivity contribution is 5.79. The Morgan fingerprint density at radius 3 is 2.71 bits per heavy atom. The molecule has 0 aliphatic heterocycles. The number of likely N-dealkylation sites (N-methyl/N-ethyl adjacent to an activating group) is 1. The molecule has 7 heteroatoms. The van der Waals surface area contributed by atoms with Crippen LogP contribution in [0.5, 0.6) is 0 Å². The van der Waals surface area contributed by atoms with Gasteiger partial charge in [-0.15, -0.1) is 0 Å². The van der Waals surface area contributed by atoms with Crippen molar-refractivity contribution in [3.63, 3.8) is 0 Å². The summed E-state index contributed by atoms with van der Waals surface area (Å²) in [4.78, 5) is 11.1. The molecule has 0 heterocycles. The van der Waals surface area contributed by atoms with Crippen molar-refractivity contribution in [2.45, 2.75) is 44.0 Å². The number of carboxylic acids is 1. The topological polar surface area (TPSA) is 58.6 Å². The number of rotatable bonds is 5. The first-order valence-electron chi connectivity index (χ1n) is 5.46. The molecule has 0 aromatic rings. The first-order chi connectivity index (χ1) is 7.79. The Bertz CT molecular complexity index is 282. The van der Waals surface area contributed by atoms with E-state index < -0.39 is 30.4 Å². The van der Waals surface area contributed by atoms with Crippen LogP contribution in [0.15, 0.2) is 0 Å². The third-order valence-corrected chi connectivity index (χ3v) is 2.88. The Balaban J connectivity index is 2.52. The molecule has 4 nitrogen and oxygen atoms in total. The molecule has 1 saturated carbocycles. The number of hydrogen-bond donors (Lipinski definition) is 2. The molecular weight excluding hydrogens is 239 g/mol. The van der Waals surface area contributed by atoms with Crippen molar-refractivity contribution >= 4 is 5.97 Å². The lowest BCUT2D eigenvalue weighted by Gasteiger charge is -2.25. The summed E-state index contributed by atoms with van der Waals surface area (Å²) in [7, 11) is 0. The number of aliphatic carboxylic acids is 1. The minimum atomic E-state index is -4.37. The maximum Gasteiger partial charge on any atom is 0.411 e. The Hall–Kier alpha value is -0.820. The van der Waals surface area contributed by atoms with Crippen molar-refractivity contribution in [3.05, 3.63) is 0 Å². The number of ether oxygens (including phenoxy) is 1. The Morgan fingerprint density at radius 2 is 2.24 bits per heavy atom. The van der Waals surface area contributed by atoms with Gasteiger partial charge in [-0.25, -0.2) is 0 Å². The van der Waals surface area contributed by atoms with Crippen molar-refractivity contribution in [1.29, 1.82) is 0 Å². The first-order valence-corrected chi connectivity index (χ1v) is 5.46. The van der Waals surface area contributed by atoms with Crippen LogP contribution in [0.25, 0.3) is 0 Å². The van der Waals surface area contributed by atoms with Crippen molar-refractivity contribution < 1.29 is 27.8 Å². The fraction of sp³-hybridized carbons (Fsp3) is 0.900. The van der Waals surface area contributed by atoms with Gasteiger partial charge in [-0.1, -0.05) is 6.92 Å². The standard InChI is InChI=1S/C10H16F3NO3/c1-2-14-9(8(15)16)4-3-7(5-9)17-6-10(11,12)13/h7,14H,2-6H2,1H3,(H,15,16). The summed E-state index contributed by atoms with van der Waals surface area (Å²) in [6.45, 7) is 0.895. The third-order valence-electron chi connectivity index (χ3n) is 2.88. The molecular formula is C10H16F3NO3. The van der Waals surface area contributed by atoms with Crippen LogP contribution in [0.1, 0.15) is 26.2 Å². The molecule has 0 radical (unpaired) electrons. The second kappa shape index (κ2) is 5.22. The molecule has 17 heavy (non-hydrogen) atoms. The largest absolute Gasteiger partial charge is 0.480 e. The molecule has 1 fully saturated rings. The normalized spacial score (nSPS) is 29.5. The predicted octanol–water partition coefficient (Wildman–Crippen LogP) is 1.55. The smallest absolute Gasteiger partial charge is 0.411 e.